The van der Waals surface area contributed by atoms with Crippen LogP contribution in [0.25, 0.3) is 0 Å². The molecule has 6 N–H and O–H groups in total. The van der Waals surface area contributed by atoms with Gasteiger partial charge in [0.15, 0.2) is 0 Å². The SMILES string of the molecule is C[C@H](N)C(=O)N[C@@H](CS)C(=O)N[C@@H](CS)C(=O)N[C@@H](C)C(=O)O. The standard InChI is InChI=1S/C12H22N4O5S2/c1-5(13)9(17)15-8(4-23)11(19)16-7(3-22)10(18)14-6(2)12(20)21/h5-8,22-23H,3-4,13H2,1-2H3,(H,14,18)(H,15,17)(H,16,19)(H,20,21)/t5-,6-,7-,8-/m0/s1. The summed E-state index contributed by atoms with van der Waals surface area (Å²) in [6.07, 6.45) is 0. The highest BCUT2D eigenvalue weighted by molar-refractivity contribution is 7.80. The molecule has 0 heterocycles. The maximum absolute atomic E-state index is 12.1. The normalized spacial score (nSPS) is 15.7. The van der Waals surface area contributed by atoms with Gasteiger partial charge in [-0.1, -0.05) is 0 Å². The molecule has 0 unspecified atom stereocenters. The van der Waals surface area contributed by atoms with Crippen molar-refractivity contribution in [2.24, 2.45) is 5.73 Å². The maximum atomic E-state index is 12.1. The van der Waals surface area contributed by atoms with E-state index in [1.165, 1.54) is 13.8 Å². The summed E-state index contributed by atoms with van der Waals surface area (Å²) < 4.78 is 0. The Bertz CT molecular complexity index is 461. The predicted octanol–water partition coefficient (Wildman–Crippen LogP) is -2.25. The van der Waals surface area contributed by atoms with Crippen molar-refractivity contribution in [2.45, 2.75) is 38.0 Å². The van der Waals surface area contributed by atoms with Crippen molar-refractivity contribution in [1.29, 1.82) is 0 Å². The highest BCUT2D eigenvalue weighted by Crippen LogP contribution is 1.96. The van der Waals surface area contributed by atoms with E-state index in [-0.39, 0.29) is 11.5 Å². The fourth-order valence-corrected chi connectivity index (χ4v) is 1.85. The number of carbonyl (C=O) groups excluding carboxylic acids is 3. The summed E-state index contributed by atoms with van der Waals surface area (Å²) in [7, 11) is 0. The second-order valence-corrected chi connectivity index (χ2v) is 5.57. The summed E-state index contributed by atoms with van der Waals surface area (Å²) in [5.74, 6) is -3.14. The van der Waals surface area contributed by atoms with Crippen LogP contribution in [0, 0.1) is 0 Å². The molecule has 11 heteroatoms. The minimum Gasteiger partial charge on any atom is -0.480 e. The zero-order valence-electron chi connectivity index (χ0n) is 12.8. The molecule has 0 aromatic rings. The molecule has 0 aliphatic heterocycles. The van der Waals surface area contributed by atoms with Crippen LogP contribution in [0.15, 0.2) is 0 Å². The van der Waals surface area contributed by atoms with E-state index in [0.717, 1.165) is 0 Å². The van der Waals surface area contributed by atoms with Crippen molar-refractivity contribution >= 4 is 48.9 Å². The van der Waals surface area contributed by atoms with Gasteiger partial charge in [-0.15, -0.1) is 0 Å². The van der Waals surface area contributed by atoms with E-state index in [4.69, 9.17) is 10.8 Å². The first-order chi connectivity index (χ1) is 10.6. The number of carboxylic acids is 1. The molecule has 0 aromatic carbocycles. The summed E-state index contributed by atoms with van der Waals surface area (Å²) in [5, 5.41) is 15.7. The van der Waals surface area contributed by atoms with Crippen molar-refractivity contribution in [3.8, 4) is 0 Å². The third kappa shape index (κ3) is 7.57. The molecule has 0 saturated carbocycles. The van der Waals surface area contributed by atoms with Crippen LogP contribution in [-0.2, 0) is 19.2 Å². The lowest BCUT2D eigenvalue weighted by atomic mass is 10.2. The molecule has 4 atom stereocenters. The van der Waals surface area contributed by atoms with Gasteiger partial charge in [0.25, 0.3) is 0 Å². The largest absolute Gasteiger partial charge is 0.480 e. The number of hydrogen-bond donors (Lipinski definition) is 7. The molecule has 0 fully saturated rings. The average Bonchev–Trinajstić information content (AvgIpc) is 2.48. The lowest BCUT2D eigenvalue weighted by Gasteiger charge is -2.22. The van der Waals surface area contributed by atoms with Crippen LogP contribution in [0.5, 0.6) is 0 Å². The van der Waals surface area contributed by atoms with Crippen molar-refractivity contribution in [3.05, 3.63) is 0 Å². The Balaban J connectivity index is 4.76. The first kappa shape index (κ1) is 21.5. The van der Waals surface area contributed by atoms with Gasteiger partial charge in [-0.05, 0) is 13.8 Å². The van der Waals surface area contributed by atoms with Crippen LogP contribution in [-0.4, -0.2) is 64.5 Å². The number of nitrogens with two attached hydrogens (primary N) is 1. The molecule has 0 radical (unpaired) electrons. The van der Waals surface area contributed by atoms with Crippen LogP contribution in [0.2, 0.25) is 0 Å². The van der Waals surface area contributed by atoms with Crippen LogP contribution < -0.4 is 21.7 Å². The van der Waals surface area contributed by atoms with Crippen LogP contribution in [0.3, 0.4) is 0 Å². The van der Waals surface area contributed by atoms with Gasteiger partial charge in [-0.3, -0.25) is 19.2 Å². The van der Waals surface area contributed by atoms with E-state index in [1.54, 1.807) is 0 Å². The monoisotopic (exact) mass is 366 g/mol. The molecule has 132 valence electrons. The van der Waals surface area contributed by atoms with Crippen molar-refractivity contribution in [1.82, 2.24) is 16.0 Å². The molecule has 0 spiro atoms. The number of aliphatic carboxylic acids is 1. The molecule has 0 aliphatic rings. The number of rotatable bonds is 9. The van der Waals surface area contributed by atoms with Crippen LogP contribution >= 0.6 is 25.3 Å². The van der Waals surface area contributed by atoms with Gasteiger partial charge < -0.3 is 26.8 Å². The molecule has 0 saturated heterocycles. The highest BCUT2D eigenvalue weighted by Gasteiger charge is 2.27. The number of thiol groups is 2. The number of nitrogens with one attached hydrogen (secondary N) is 3. The second-order valence-electron chi connectivity index (χ2n) is 4.84. The number of carboxylic acid groups (broad SMARTS) is 1. The van der Waals surface area contributed by atoms with E-state index >= 15 is 0 Å². The maximum Gasteiger partial charge on any atom is 0.325 e. The summed E-state index contributed by atoms with van der Waals surface area (Å²) in [6, 6.07) is -3.95. The van der Waals surface area contributed by atoms with E-state index in [2.05, 4.69) is 41.2 Å². The fraction of sp³-hybridized carbons (Fsp3) is 0.667. The molecule has 0 aromatic heterocycles. The molecular weight excluding hydrogens is 344 g/mol. The zero-order valence-corrected chi connectivity index (χ0v) is 14.6. The smallest absolute Gasteiger partial charge is 0.325 e. The Morgan fingerprint density at radius 3 is 1.65 bits per heavy atom. The lowest BCUT2D eigenvalue weighted by Crippen LogP contribution is -2.57. The summed E-state index contributed by atoms with van der Waals surface area (Å²) in [5.41, 5.74) is 5.40. The summed E-state index contributed by atoms with van der Waals surface area (Å²) in [6.45, 7) is 2.75. The molecule has 0 bridgehead atoms. The van der Waals surface area contributed by atoms with Gasteiger partial charge in [-0.2, -0.15) is 25.3 Å². The molecule has 9 nitrogen and oxygen atoms in total. The van der Waals surface area contributed by atoms with Crippen molar-refractivity contribution in [3.63, 3.8) is 0 Å². The Morgan fingerprint density at radius 1 is 0.913 bits per heavy atom. The first-order valence-corrected chi connectivity index (χ1v) is 8.01. The van der Waals surface area contributed by atoms with Gasteiger partial charge in [0.2, 0.25) is 17.7 Å². The van der Waals surface area contributed by atoms with E-state index < -0.39 is 47.9 Å². The number of hydrogen-bond acceptors (Lipinski definition) is 7. The number of amides is 3. The Hall–Kier alpha value is -1.46. The predicted molar refractivity (Wildman–Crippen MR) is 90.5 cm³/mol. The zero-order chi connectivity index (χ0) is 18.2. The van der Waals surface area contributed by atoms with E-state index in [9.17, 15) is 19.2 Å². The third-order valence-electron chi connectivity index (χ3n) is 2.77. The quantitative estimate of drug-likeness (QED) is 0.229. The molecule has 3 amide bonds. The fourth-order valence-electron chi connectivity index (χ4n) is 1.34. The van der Waals surface area contributed by atoms with Gasteiger partial charge in [0.05, 0.1) is 6.04 Å². The molecule has 0 rings (SSSR count). The molecule has 0 aliphatic carbocycles. The minimum atomic E-state index is -1.21. The Kier molecular flexibility index (Phi) is 9.68. The van der Waals surface area contributed by atoms with Crippen molar-refractivity contribution in [2.75, 3.05) is 11.5 Å². The lowest BCUT2D eigenvalue weighted by molar-refractivity contribution is -0.141. The second kappa shape index (κ2) is 10.3. The summed E-state index contributed by atoms with van der Waals surface area (Å²) >= 11 is 7.92. The molecule has 23 heavy (non-hydrogen) atoms. The summed E-state index contributed by atoms with van der Waals surface area (Å²) in [4.78, 5) is 46.2. The molecular formula is C12H22N4O5S2. The van der Waals surface area contributed by atoms with E-state index in [0.29, 0.717) is 0 Å². The van der Waals surface area contributed by atoms with Gasteiger partial charge >= 0.3 is 5.97 Å². The highest BCUT2D eigenvalue weighted by atomic mass is 32.1. The minimum absolute atomic E-state index is 0.00324. The topological polar surface area (TPSA) is 151 Å². The van der Waals surface area contributed by atoms with Crippen molar-refractivity contribution < 1.29 is 24.3 Å². The average molecular weight is 366 g/mol. The Labute approximate surface area is 144 Å². The Morgan fingerprint density at radius 2 is 1.30 bits per heavy atom. The number of carbonyl (C=O) groups is 4. The first-order valence-electron chi connectivity index (χ1n) is 6.75. The van der Waals surface area contributed by atoms with Gasteiger partial charge in [0, 0.05) is 11.5 Å². The van der Waals surface area contributed by atoms with Crippen LogP contribution in [0.1, 0.15) is 13.8 Å². The van der Waals surface area contributed by atoms with Gasteiger partial charge in [0.1, 0.15) is 18.1 Å². The third-order valence-corrected chi connectivity index (χ3v) is 3.50. The van der Waals surface area contributed by atoms with Gasteiger partial charge in [-0.25, -0.2) is 0 Å². The van der Waals surface area contributed by atoms with E-state index in [1.807, 2.05) is 0 Å². The van der Waals surface area contributed by atoms with Crippen LogP contribution in [0.4, 0.5) is 0 Å².